The van der Waals surface area contributed by atoms with Crippen LogP contribution in [0.2, 0.25) is 0 Å². The molecule has 1 unspecified atom stereocenters. The lowest BCUT2D eigenvalue weighted by Crippen LogP contribution is -2.38. The second-order valence-electron chi connectivity index (χ2n) is 4.82. The summed E-state index contributed by atoms with van der Waals surface area (Å²) in [4.78, 5) is 4.04. The van der Waals surface area contributed by atoms with E-state index in [-0.39, 0.29) is 6.61 Å². The number of hydrogen-bond acceptors (Lipinski definition) is 4. The minimum absolute atomic E-state index is 0.128. The molecule has 0 fully saturated rings. The quantitative estimate of drug-likeness (QED) is 0.703. The van der Waals surface area contributed by atoms with Crippen molar-refractivity contribution in [3.05, 3.63) is 35.9 Å². The molecule has 0 saturated heterocycles. The lowest BCUT2D eigenvalue weighted by molar-refractivity contribution is 0.0826. The van der Waals surface area contributed by atoms with Gasteiger partial charge in [-0.15, -0.1) is 0 Å². The van der Waals surface area contributed by atoms with Crippen molar-refractivity contribution in [2.75, 3.05) is 40.3 Å². The van der Waals surface area contributed by atoms with Gasteiger partial charge in [0, 0.05) is 26.2 Å². The average Bonchev–Trinajstić information content (AvgIpc) is 2.29. The van der Waals surface area contributed by atoms with Crippen LogP contribution in [0.3, 0.4) is 0 Å². The van der Waals surface area contributed by atoms with E-state index in [2.05, 4.69) is 17.0 Å². The second kappa shape index (κ2) is 8.21. The van der Waals surface area contributed by atoms with Crippen LogP contribution in [0, 0.1) is 0 Å². The fraction of sp³-hybridized carbons (Fsp3) is 0.571. The van der Waals surface area contributed by atoms with Crippen molar-refractivity contribution in [3.8, 4) is 0 Å². The smallest absolute Gasteiger partial charge is 0.0793 e. The highest BCUT2D eigenvalue weighted by molar-refractivity contribution is 5.14. The van der Waals surface area contributed by atoms with Gasteiger partial charge in [0.05, 0.1) is 12.7 Å². The Hall–Kier alpha value is -0.940. The molecule has 0 aliphatic rings. The third-order valence-electron chi connectivity index (χ3n) is 2.82. The van der Waals surface area contributed by atoms with Crippen molar-refractivity contribution in [2.24, 2.45) is 0 Å². The molecule has 102 valence electrons. The maximum Gasteiger partial charge on any atom is 0.0793 e. The second-order valence-corrected chi connectivity index (χ2v) is 4.82. The lowest BCUT2D eigenvalue weighted by atomic mass is 10.2. The molecule has 0 aliphatic carbocycles. The fourth-order valence-corrected chi connectivity index (χ4v) is 2.00. The summed E-state index contributed by atoms with van der Waals surface area (Å²) >= 11 is 0. The maximum absolute atomic E-state index is 9.93. The van der Waals surface area contributed by atoms with Crippen molar-refractivity contribution >= 4 is 0 Å². The molecule has 0 aromatic heterocycles. The molecule has 0 spiro atoms. The van der Waals surface area contributed by atoms with E-state index in [0.29, 0.717) is 19.6 Å². The number of nitrogens with zero attached hydrogens (tertiary/aromatic N) is 2. The van der Waals surface area contributed by atoms with E-state index < -0.39 is 6.10 Å². The molecule has 0 amide bonds. The van der Waals surface area contributed by atoms with Gasteiger partial charge in [0.25, 0.3) is 0 Å². The number of likely N-dealkylation sites (N-methyl/N-ethyl adjacent to an activating group) is 2. The van der Waals surface area contributed by atoms with E-state index in [0.717, 1.165) is 6.54 Å². The van der Waals surface area contributed by atoms with Crippen molar-refractivity contribution in [3.63, 3.8) is 0 Å². The van der Waals surface area contributed by atoms with E-state index in [9.17, 15) is 5.11 Å². The number of aliphatic hydroxyl groups excluding tert-OH is 2. The molecule has 4 heteroatoms. The molecule has 0 radical (unpaired) electrons. The Bertz CT molecular complexity index is 319. The molecule has 18 heavy (non-hydrogen) atoms. The molecule has 1 aromatic carbocycles. The number of benzene rings is 1. The fourth-order valence-electron chi connectivity index (χ4n) is 2.00. The highest BCUT2D eigenvalue weighted by Crippen LogP contribution is 2.03. The Morgan fingerprint density at radius 3 is 2.28 bits per heavy atom. The van der Waals surface area contributed by atoms with Crippen molar-refractivity contribution in [1.29, 1.82) is 0 Å². The Kier molecular flexibility index (Phi) is 6.90. The predicted octanol–water partition coefficient (Wildman–Crippen LogP) is 0.403. The van der Waals surface area contributed by atoms with Crippen LogP contribution in [0.25, 0.3) is 0 Å². The summed E-state index contributed by atoms with van der Waals surface area (Å²) in [7, 11) is 3.90. The molecule has 2 N–H and O–H groups in total. The van der Waals surface area contributed by atoms with Crippen LogP contribution in [0.1, 0.15) is 5.56 Å². The van der Waals surface area contributed by atoms with E-state index in [1.54, 1.807) is 0 Å². The minimum atomic E-state index is -0.393. The third-order valence-corrected chi connectivity index (χ3v) is 2.82. The summed E-state index contributed by atoms with van der Waals surface area (Å²) in [5, 5.41) is 18.7. The standard InChI is InChI=1S/C14H24N2O2/c1-15(8-9-17)11-14(18)12-16(2)10-13-6-4-3-5-7-13/h3-7,14,17-18H,8-12H2,1-2H3. The molecule has 0 bridgehead atoms. The normalized spacial score (nSPS) is 13.2. The SMILES string of the molecule is CN(CCO)CC(O)CN(C)Cc1ccccc1. The summed E-state index contributed by atoms with van der Waals surface area (Å²) in [5.74, 6) is 0. The van der Waals surface area contributed by atoms with Crippen LogP contribution in [-0.2, 0) is 6.54 Å². The van der Waals surface area contributed by atoms with Crippen LogP contribution in [0.15, 0.2) is 30.3 Å². The van der Waals surface area contributed by atoms with Crippen LogP contribution in [-0.4, -0.2) is 66.5 Å². The third kappa shape index (κ3) is 6.12. The van der Waals surface area contributed by atoms with Gasteiger partial charge >= 0.3 is 0 Å². The largest absolute Gasteiger partial charge is 0.395 e. The zero-order valence-electron chi connectivity index (χ0n) is 11.3. The van der Waals surface area contributed by atoms with Crippen LogP contribution >= 0.6 is 0 Å². The summed E-state index contributed by atoms with van der Waals surface area (Å²) in [5.41, 5.74) is 1.25. The van der Waals surface area contributed by atoms with Gasteiger partial charge in [0.15, 0.2) is 0 Å². The van der Waals surface area contributed by atoms with Crippen molar-refractivity contribution < 1.29 is 10.2 Å². The molecule has 1 aromatic rings. The number of rotatable bonds is 8. The van der Waals surface area contributed by atoms with Gasteiger partial charge in [-0.3, -0.25) is 4.90 Å². The van der Waals surface area contributed by atoms with Crippen molar-refractivity contribution in [2.45, 2.75) is 12.6 Å². The Morgan fingerprint density at radius 1 is 1.06 bits per heavy atom. The maximum atomic E-state index is 9.93. The van der Waals surface area contributed by atoms with Gasteiger partial charge < -0.3 is 15.1 Å². The first-order valence-corrected chi connectivity index (χ1v) is 6.31. The molecule has 1 rings (SSSR count). The molecular weight excluding hydrogens is 228 g/mol. The van der Waals surface area contributed by atoms with Gasteiger partial charge in [-0.05, 0) is 19.7 Å². The summed E-state index contributed by atoms with van der Waals surface area (Å²) in [6.07, 6.45) is -0.393. The summed E-state index contributed by atoms with van der Waals surface area (Å²) in [6, 6.07) is 10.2. The van der Waals surface area contributed by atoms with Crippen molar-refractivity contribution in [1.82, 2.24) is 9.80 Å². The highest BCUT2D eigenvalue weighted by atomic mass is 16.3. The lowest BCUT2D eigenvalue weighted by Gasteiger charge is -2.24. The van der Waals surface area contributed by atoms with Gasteiger partial charge in [0.1, 0.15) is 0 Å². The Balaban J connectivity index is 2.29. The van der Waals surface area contributed by atoms with Crippen LogP contribution in [0.5, 0.6) is 0 Å². The monoisotopic (exact) mass is 252 g/mol. The first-order chi connectivity index (χ1) is 8.61. The van der Waals surface area contributed by atoms with E-state index >= 15 is 0 Å². The predicted molar refractivity (Wildman–Crippen MR) is 73.4 cm³/mol. The van der Waals surface area contributed by atoms with E-state index in [1.807, 2.05) is 37.2 Å². The zero-order valence-corrected chi connectivity index (χ0v) is 11.3. The molecule has 0 saturated carbocycles. The molecule has 0 aliphatic heterocycles. The molecular formula is C14H24N2O2. The van der Waals surface area contributed by atoms with Gasteiger partial charge in [-0.25, -0.2) is 0 Å². The number of hydrogen-bond donors (Lipinski definition) is 2. The average molecular weight is 252 g/mol. The van der Waals surface area contributed by atoms with Gasteiger partial charge in [-0.2, -0.15) is 0 Å². The first-order valence-electron chi connectivity index (χ1n) is 6.31. The molecule has 4 nitrogen and oxygen atoms in total. The minimum Gasteiger partial charge on any atom is -0.395 e. The van der Waals surface area contributed by atoms with Crippen LogP contribution in [0.4, 0.5) is 0 Å². The van der Waals surface area contributed by atoms with Crippen LogP contribution < -0.4 is 0 Å². The van der Waals surface area contributed by atoms with E-state index in [4.69, 9.17) is 5.11 Å². The molecule has 0 heterocycles. The Morgan fingerprint density at radius 2 is 1.67 bits per heavy atom. The highest BCUT2D eigenvalue weighted by Gasteiger charge is 2.10. The van der Waals surface area contributed by atoms with E-state index in [1.165, 1.54) is 5.56 Å². The summed E-state index contributed by atoms with van der Waals surface area (Å²) < 4.78 is 0. The first kappa shape index (κ1) is 15.1. The number of aliphatic hydroxyl groups is 2. The van der Waals surface area contributed by atoms with Gasteiger partial charge in [-0.1, -0.05) is 30.3 Å². The van der Waals surface area contributed by atoms with Gasteiger partial charge in [0.2, 0.25) is 0 Å². The summed E-state index contributed by atoms with van der Waals surface area (Å²) in [6.45, 7) is 2.77. The molecule has 1 atom stereocenters. The zero-order chi connectivity index (χ0) is 13.4. The Labute approximate surface area is 109 Å². The topological polar surface area (TPSA) is 46.9 Å².